The van der Waals surface area contributed by atoms with E-state index in [4.69, 9.17) is 21.4 Å². The summed E-state index contributed by atoms with van der Waals surface area (Å²) >= 11 is 6.55. The van der Waals surface area contributed by atoms with Gasteiger partial charge >= 0.3 is 5.97 Å². The Morgan fingerprint density at radius 1 is 0.923 bits per heavy atom. The third kappa shape index (κ3) is 5.40. The molecular weight excluding hydrogens is 514 g/mol. The summed E-state index contributed by atoms with van der Waals surface area (Å²) < 4.78 is 5.34. The second-order valence-corrected chi connectivity index (χ2v) is 12.9. The van der Waals surface area contributed by atoms with Crippen LogP contribution in [0.5, 0.6) is 5.75 Å². The molecule has 0 radical (unpaired) electrons. The number of carbonyl (C=O) groups excluding carboxylic acids is 2. The van der Waals surface area contributed by atoms with Gasteiger partial charge in [-0.1, -0.05) is 75.7 Å². The normalized spacial score (nSPS) is 20.6. The van der Waals surface area contributed by atoms with E-state index >= 15 is 0 Å². The van der Waals surface area contributed by atoms with E-state index < -0.39 is 18.5 Å². The van der Waals surface area contributed by atoms with E-state index in [0.717, 1.165) is 35.4 Å². The number of ketones is 2. The number of hydrogen-bond acceptors (Lipinski definition) is 5. The zero-order chi connectivity index (χ0) is 28.1. The van der Waals surface area contributed by atoms with Crippen LogP contribution in [0.3, 0.4) is 0 Å². The smallest absolute Gasteiger partial charge is 0.341 e. The summed E-state index contributed by atoms with van der Waals surface area (Å²) in [7, 11) is 0. The molecule has 0 saturated heterocycles. The van der Waals surface area contributed by atoms with Crippen LogP contribution in [0.4, 0.5) is 0 Å². The minimum Gasteiger partial charge on any atom is -0.480 e. The maximum Gasteiger partial charge on any atom is 0.341 e. The Labute approximate surface area is 234 Å². The molecule has 204 valence electrons. The Kier molecular flexibility index (Phi) is 6.96. The van der Waals surface area contributed by atoms with E-state index in [0.29, 0.717) is 30.5 Å². The first-order valence-electron chi connectivity index (χ1n) is 13.3. The Hall–Kier alpha value is -3.38. The molecule has 0 unspecified atom stereocenters. The van der Waals surface area contributed by atoms with Crippen molar-refractivity contribution in [1.29, 1.82) is 0 Å². The van der Waals surface area contributed by atoms with Gasteiger partial charge < -0.3 is 14.7 Å². The highest BCUT2D eigenvalue weighted by atomic mass is 35.5. The van der Waals surface area contributed by atoms with Crippen LogP contribution in [-0.2, 0) is 20.9 Å². The van der Waals surface area contributed by atoms with E-state index in [1.807, 2.05) is 18.2 Å². The first-order chi connectivity index (χ1) is 18.3. The lowest BCUT2D eigenvalue weighted by Gasteiger charge is -2.49. The third-order valence-electron chi connectivity index (χ3n) is 7.85. The molecule has 0 saturated carbocycles. The summed E-state index contributed by atoms with van der Waals surface area (Å²) in [6, 6.07) is 15.3. The molecule has 0 spiro atoms. The summed E-state index contributed by atoms with van der Waals surface area (Å²) in [6.07, 6.45) is 2.24. The van der Waals surface area contributed by atoms with Crippen molar-refractivity contribution in [3.63, 3.8) is 0 Å². The predicted octanol–water partition coefficient (Wildman–Crippen LogP) is 6.69. The van der Waals surface area contributed by atoms with Gasteiger partial charge in [0.25, 0.3) is 0 Å². The van der Waals surface area contributed by atoms with Crippen molar-refractivity contribution in [2.24, 2.45) is 10.8 Å². The fourth-order valence-corrected chi connectivity index (χ4v) is 6.53. The number of ether oxygens (including phenoxy) is 1. The predicted molar refractivity (Wildman–Crippen MR) is 149 cm³/mol. The van der Waals surface area contributed by atoms with E-state index in [2.05, 4.69) is 44.7 Å². The van der Waals surface area contributed by atoms with Crippen molar-refractivity contribution < 1.29 is 24.2 Å². The Balaban J connectivity index is 1.70. The number of nitrogens with zero attached hydrogens (tertiary/aromatic N) is 1. The van der Waals surface area contributed by atoms with Crippen molar-refractivity contribution in [3.05, 3.63) is 87.2 Å². The zero-order valence-electron chi connectivity index (χ0n) is 22.8. The number of carboxylic acids is 1. The average Bonchev–Trinajstić information content (AvgIpc) is 2.83. The van der Waals surface area contributed by atoms with E-state index in [1.54, 1.807) is 18.2 Å². The molecule has 7 heteroatoms. The summed E-state index contributed by atoms with van der Waals surface area (Å²) in [5, 5.41) is 9.24. The number of halogens is 1. The number of hydrogen-bond donors (Lipinski definition) is 1. The summed E-state index contributed by atoms with van der Waals surface area (Å²) in [5.74, 6) is -1.27. The quantitative estimate of drug-likeness (QED) is 0.434. The lowest BCUT2D eigenvalue weighted by Crippen LogP contribution is -2.44. The van der Waals surface area contributed by atoms with Gasteiger partial charge in [0, 0.05) is 47.8 Å². The van der Waals surface area contributed by atoms with Crippen LogP contribution in [0, 0.1) is 10.8 Å². The number of rotatable bonds is 6. The molecule has 0 fully saturated rings. The van der Waals surface area contributed by atoms with Gasteiger partial charge in [0.05, 0.1) is 5.02 Å². The van der Waals surface area contributed by atoms with Crippen LogP contribution < -0.4 is 4.74 Å². The maximum absolute atomic E-state index is 13.9. The van der Waals surface area contributed by atoms with E-state index in [9.17, 15) is 14.4 Å². The Morgan fingerprint density at radius 3 is 2.00 bits per heavy atom. The lowest BCUT2D eigenvalue weighted by molar-refractivity contribution is -0.139. The summed E-state index contributed by atoms with van der Waals surface area (Å²) in [5.41, 5.74) is 4.74. The van der Waals surface area contributed by atoms with E-state index in [1.165, 1.54) is 0 Å². The highest BCUT2D eigenvalue weighted by Crippen LogP contribution is 2.55. The highest BCUT2D eigenvalue weighted by Gasteiger charge is 2.49. The van der Waals surface area contributed by atoms with Gasteiger partial charge in [-0.25, -0.2) is 4.79 Å². The molecule has 5 rings (SSSR count). The molecule has 2 aromatic rings. The molecule has 6 nitrogen and oxygen atoms in total. The van der Waals surface area contributed by atoms with Crippen LogP contribution in [0.2, 0.25) is 5.02 Å². The highest BCUT2D eigenvalue weighted by molar-refractivity contribution is 6.32. The average molecular weight is 548 g/mol. The molecule has 39 heavy (non-hydrogen) atoms. The molecule has 0 aromatic heterocycles. The van der Waals surface area contributed by atoms with Crippen LogP contribution >= 0.6 is 11.6 Å². The SMILES string of the molecule is CC1(C)CC(=O)C2=C(C1)N(Cc1ccccc1)C1=C(C(=O)CC(C)(C)C1)C2c1ccc(OCC(=O)O)c(Cl)c1. The monoisotopic (exact) mass is 547 g/mol. The van der Waals surface area contributed by atoms with Gasteiger partial charge in [-0.2, -0.15) is 0 Å². The maximum atomic E-state index is 13.9. The van der Waals surface area contributed by atoms with Gasteiger partial charge in [0.15, 0.2) is 18.2 Å². The first-order valence-corrected chi connectivity index (χ1v) is 13.7. The molecule has 2 aliphatic carbocycles. The molecule has 1 aliphatic heterocycles. The number of allylic oxidation sites excluding steroid dienone is 4. The second kappa shape index (κ2) is 9.98. The molecule has 1 N–H and O–H groups in total. The minimum atomic E-state index is -1.10. The molecular formula is C32H34ClNO5. The van der Waals surface area contributed by atoms with Crippen LogP contribution in [0.15, 0.2) is 71.1 Å². The fourth-order valence-electron chi connectivity index (χ4n) is 6.29. The van der Waals surface area contributed by atoms with E-state index in [-0.39, 0.29) is 33.2 Å². The van der Waals surface area contributed by atoms with Crippen molar-refractivity contribution in [1.82, 2.24) is 4.90 Å². The van der Waals surface area contributed by atoms with Gasteiger partial charge in [0.2, 0.25) is 0 Å². The number of carbonyl (C=O) groups is 3. The molecule has 0 amide bonds. The fraction of sp³-hybridized carbons (Fsp3) is 0.406. The van der Waals surface area contributed by atoms with Gasteiger partial charge in [-0.05, 0) is 46.9 Å². The second-order valence-electron chi connectivity index (χ2n) is 12.5. The standard InChI is InChI=1S/C32H34ClNO5/c1-31(2)13-22-29(24(35)15-31)28(20-10-11-26(21(33)12-20)39-18-27(37)38)30-23(14-32(3,4)16-25(30)36)34(22)17-19-8-6-5-7-9-19/h5-12,28H,13-18H2,1-4H3,(H,37,38). The zero-order valence-corrected chi connectivity index (χ0v) is 23.6. The van der Waals surface area contributed by atoms with Crippen molar-refractivity contribution >= 4 is 29.1 Å². The number of carboxylic acid groups (broad SMARTS) is 1. The largest absolute Gasteiger partial charge is 0.480 e. The van der Waals surface area contributed by atoms with Gasteiger partial charge in [-0.3, -0.25) is 9.59 Å². The van der Waals surface area contributed by atoms with Gasteiger partial charge in [-0.15, -0.1) is 0 Å². The lowest BCUT2D eigenvalue weighted by atomic mass is 9.63. The Bertz CT molecular complexity index is 1370. The Morgan fingerprint density at radius 2 is 1.49 bits per heavy atom. The van der Waals surface area contributed by atoms with Crippen LogP contribution in [0.25, 0.3) is 0 Å². The van der Waals surface area contributed by atoms with Crippen LogP contribution in [0.1, 0.15) is 70.4 Å². The molecule has 0 bridgehead atoms. The topological polar surface area (TPSA) is 83.9 Å². The third-order valence-corrected chi connectivity index (χ3v) is 8.14. The van der Waals surface area contributed by atoms with Crippen molar-refractivity contribution in [3.8, 4) is 5.75 Å². The van der Waals surface area contributed by atoms with Crippen LogP contribution in [-0.4, -0.2) is 34.1 Å². The number of aliphatic carboxylic acids is 1. The number of Topliss-reactive ketones (excluding diaryl/α,β-unsaturated/α-hetero) is 2. The summed E-state index contributed by atoms with van der Waals surface area (Å²) in [6.45, 7) is 8.56. The minimum absolute atomic E-state index is 0.0517. The van der Waals surface area contributed by atoms with Crippen molar-refractivity contribution in [2.75, 3.05) is 6.61 Å². The van der Waals surface area contributed by atoms with Gasteiger partial charge in [0.1, 0.15) is 5.75 Å². The van der Waals surface area contributed by atoms with Crippen molar-refractivity contribution in [2.45, 2.75) is 65.8 Å². The molecule has 2 aromatic carbocycles. The molecule has 3 aliphatic rings. The molecule has 0 atom stereocenters. The first kappa shape index (κ1) is 27.2. The number of benzene rings is 2. The molecule has 1 heterocycles. The summed E-state index contributed by atoms with van der Waals surface area (Å²) in [4.78, 5) is 41.1.